The van der Waals surface area contributed by atoms with Crippen LogP contribution in [0.5, 0.6) is 5.75 Å². The molecule has 0 unspecified atom stereocenters. The summed E-state index contributed by atoms with van der Waals surface area (Å²) in [5.41, 5.74) is 1.20. The number of hydrogen-bond donors (Lipinski definition) is 1. The lowest BCUT2D eigenvalue weighted by Crippen LogP contribution is -2.17. The van der Waals surface area contributed by atoms with Gasteiger partial charge in [-0.3, -0.25) is 9.48 Å². The van der Waals surface area contributed by atoms with Crippen molar-refractivity contribution in [1.82, 2.24) is 9.78 Å². The van der Waals surface area contributed by atoms with Gasteiger partial charge < -0.3 is 14.8 Å². The minimum absolute atomic E-state index is 0.249. The number of carbonyl (C=O) groups excluding carboxylic acids is 2. The van der Waals surface area contributed by atoms with Gasteiger partial charge in [-0.1, -0.05) is 0 Å². The highest BCUT2D eigenvalue weighted by atomic mass is 16.5. The molecular formula is C16H19N3O4. The van der Waals surface area contributed by atoms with Crippen LogP contribution in [-0.2, 0) is 11.8 Å². The molecule has 122 valence electrons. The van der Waals surface area contributed by atoms with E-state index >= 15 is 0 Å². The number of amides is 1. The standard InChI is InChI=1S/C16H19N3O4/c1-5-23-16(21)13-10(2)18-19(3)14(13)17-15(20)11-6-8-12(22-4)9-7-11/h6-9H,5H2,1-4H3,(H,17,20). The van der Waals surface area contributed by atoms with Gasteiger partial charge in [0, 0.05) is 12.6 Å². The second-order valence-electron chi connectivity index (χ2n) is 4.84. The number of ether oxygens (including phenoxy) is 2. The molecule has 0 saturated heterocycles. The van der Waals surface area contributed by atoms with Crippen molar-refractivity contribution in [3.05, 3.63) is 41.1 Å². The van der Waals surface area contributed by atoms with E-state index in [1.54, 1.807) is 52.3 Å². The van der Waals surface area contributed by atoms with Crippen LogP contribution in [0.15, 0.2) is 24.3 Å². The van der Waals surface area contributed by atoms with Crippen molar-refractivity contribution in [3.8, 4) is 5.75 Å². The number of nitrogens with zero attached hydrogens (tertiary/aromatic N) is 2. The summed E-state index contributed by atoms with van der Waals surface area (Å²) in [5.74, 6) is 0.108. The summed E-state index contributed by atoms with van der Waals surface area (Å²) in [4.78, 5) is 24.4. The van der Waals surface area contributed by atoms with Crippen molar-refractivity contribution in [1.29, 1.82) is 0 Å². The molecule has 7 heteroatoms. The molecule has 1 heterocycles. The van der Waals surface area contributed by atoms with Gasteiger partial charge in [0.2, 0.25) is 0 Å². The maximum Gasteiger partial charge on any atom is 0.343 e. The predicted molar refractivity (Wildman–Crippen MR) is 84.8 cm³/mol. The van der Waals surface area contributed by atoms with Crippen molar-refractivity contribution in [2.75, 3.05) is 19.0 Å². The van der Waals surface area contributed by atoms with E-state index in [1.807, 2.05) is 0 Å². The Morgan fingerprint density at radius 1 is 1.26 bits per heavy atom. The SMILES string of the molecule is CCOC(=O)c1c(C)nn(C)c1NC(=O)c1ccc(OC)cc1. The summed E-state index contributed by atoms with van der Waals surface area (Å²) in [6.45, 7) is 3.66. The zero-order valence-electron chi connectivity index (χ0n) is 13.5. The highest BCUT2D eigenvalue weighted by Gasteiger charge is 2.23. The lowest BCUT2D eigenvalue weighted by atomic mass is 10.2. The largest absolute Gasteiger partial charge is 0.497 e. The molecule has 2 rings (SSSR count). The van der Waals surface area contributed by atoms with Gasteiger partial charge >= 0.3 is 5.97 Å². The Balaban J connectivity index is 2.28. The van der Waals surface area contributed by atoms with Crippen LogP contribution in [0.25, 0.3) is 0 Å². The summed E-state index contributed by atoms with van der Waals surface area (Å²) in [7, 11) is 3.21. The zero-order valence-corrected chi connectivity index (χ0v) is 13.5. The van der Waals surface area contributed by atoms with Gasteiger partial charge in [-0.25, -0.2) is 4.79 Å². The number of methoxy groups -OCH3 is 1. The molecule has 7 nitrogen and oxygen atoms in total. The van der Waals surface area contributed by atoms with E-state index in [0.717, 1.165) is 0 Å². The average Bonchev–Trinajstić information content (AvgIpc) is 2.81. The van der Waals surface area contributed by atoms with Crippen LogP contribution in [-0.4, -0.2) is 35.4 Å². The van der Waals surface area contributed by atoms with Crippen LogP contribution >= 0.6 is 0 Å². The molecule has 0 spiro atoms. The number of anilines is 1. The number of esters is 1. The van der Waals surface area contributed by atoms with Crippen molar-refractivity contribution < 1.29 is 19.1 Å². The minimum Gasteiger partial charge on any atom is -0.497 e. The molecule has 1 aromatic heterocycles. The molecule has 0 fully saturated rings. The maximum atomic E-state index is 12.4. The third kappa shape index (κ3) is 3.50. The first-order valence-electron chi connectivity index (χ1n) is 7.14. The summed E-state index contributed by atoms with van der Waals surface area (Å²) in [6, 6.07) is 6.66. The number of carbonyl (C=O) groups is 2. The van der Waals surface area contributed by atoms with Crippen LogP contribution in [0.4, 0.5) is 5.82 Å². The molecule has 0 aliphatic carbocycles. The number of rotatable bonds is 5. The molecule has 1 N–H and O–H groups in total. The first kappa shape index (κ1) is 16.5. The Labute approximate surface area is 134 Å². The molecule has 1 amide bonds. The Hall–Kier alpha value is -2.83. The fourth-order valence-electron chi connectivity index (χ4n) is 2.17. The summed E-state index contributed by atoms with van der Waals surface area (Å²) in [5, 5.41) is 6.88. The molecule has 0 atom stereocenters. The van der Waals surface area contributed by atoms with Gasteiger partial charge in [0.05, 0.1) is 19.4 Å². The Bertz CT molecular complexity index is 720. The Morgan fingerprint density at radius 3 is 2.48 bits per heavy atom. The Morgan fingerprint density at radius 2 is 1.91 bits per heavy atom. The van der Waals surface area contributed by atoms with Crippen LogP contribution in [0.1, 0.15) is 33.3 Å². The summed E-state index contributed by atoms with van der Waals surface area (Å²) in [6.07, 6.45) is 0. The molecule has 0 bridgehead atoms. The van der Waals surface area contributed by atoms with E-state index in [-0.39, 0.29) is 18.1 Å². The topological polar surface area (TPSA) is 82.5 Å². The molecule has 0 aliphatic heterocycles. The van der Waals surface area contributed by atoms with Gasteiger partial charge in [0.1, 0.15) is 17.1 Å². The minimum atomic E-state index is -0.511. The first-order valence-corrected chi connectivity index (χ1v) is 7.14. The van der Waals surface area contributed by atoms with Crippen LogP contribution < -0.4 is 10.1 Å². The fraction of sp³-hybridized carbons (Fsp3) is 0.312. The lowest BCUT2D eigenvalue weighted by Gasteiger charge is -2.09. The molecule has 0 radical (unpaired) electrons. The molecular weight excluding hydrogens is 298 g/mol. The molecule has 1 aromatic carbocycles. The van der Waals surface area contributed by atoms with Crippen LogP contribution in [0.2, 0.25) is 0 Å². The molecule has 2 aromatic rings. The second-order valence-corrected chi connectivity index (χ2v) is 4.84. The zero-order chi connectivity index (χ0) is 17.0. The van der Waals surface area contributed by atoms with Gasteiger partial charge in [0.25, 0.3) is 5.91 Å². The molecule has 0 aliphatic rings. The van der Waals surface area contributed by atoms with Crippen LogP contribution in [0.3, 0.4) is 0 Å². The van der Waals surface area contributed by atoms with Crippen molar-refractivity contribution in [2.45, 2.75) is 13.8 Å². The first-order chi connectivity index (χ1) is 11.0. The van der Waals surface area contributed by atoms with E-state index in [2.05, 4.69) is 10.4 Å². The predicted octanol–water partition coefficient (Wildman–Crippen LogP) is 2.17. The smallest absolute Gasteiger partial charge is 0.343 e. The second kappa shape index (κ2) is 6.95. The lowest BCUT2D eigenvalue weighted by molar-refractivity contribution is 0.0526. The van der Waals surface area contributed by atoms with E-state index in [4.69, 9.17) is 9.47 Å². The third-order valence-electron chi connectivity index (χ3n) is 3.29. The highest BCUT2D eigenvalue weighted by molar-refractivity contribution is 6.07. The quantitative estimate of drug-likeness (QED) is 0.855. The Kier molecular flexibility index (Phi) is 5.00. The number of nitrogens with one attached hydrogen (secondary N) is 1. The van der Waals surface area contributed by atoms with Gasteiger partial charge in [-0.05, 0) is 38.1 Å². The summed E-state index contributed by atoms with van der Waals surface area (Å²) < 4.78 is 11.5. The number of aromatic nitrogens is 2. The van der Waals surface area contributed by atoms with Gasteiger partial charge in [0.15, 0.2) is 0 Å². The van der Waals surface area contributed by atoms with E-state index in [1.165, 1.54) is 4.68 Å². The highest BCUT2D eigenvalue weighted by Crippen LogP contribution is 2.21. The van der Waals surface area contributed by atoms with Crippen molar-refractivity contribution in [3.63, 3.8) is 0 Å². The number of benzene rings is 1. The average molecular weight is 317 g/mol. The van der Waals surface area contributed by atoms with Crippen molar-refractivity contribution in [2.24, 2.45) is 7.05 Å². The number of hydrogen-bond acceptors (Lipinski definition) is 5. The maximum absolute atomic E-state index is 12.4. The van der Waals surface area contributed by atoms with Gasteiger partial charge in [-0.15, -0.1) is 0 Å². The fourth-order valence-corrected chi connectivity index (χ4v) is 2.17. The molecule has 0 saturated carbocycles. The van der Waals surface area contributed by atoms with Crippen molar-refractivity contribution >= 4 is 17.7 Å². The normalized spacial score (nSPS) is 10.3. The van der Waals surface area contributed by atoms with E-state index in [9.17, 15) is 9.59 Å². The van der Waals surface area contributed by atoms with E-state index in [0.29, 0.717) is 22.8 Å². The van der Waals surface area contributed by atoms with Crippen LogP contribution in [0, 0.1) is 6.92 Å². The molecule has 23 heavy (non-hydrogen) atoms. The monoisotopic (exact) mass is 317 g/mol. The van der Waals surface area contributed by atoms with Gasteiger partial charge in [-0.2, -0.15) is 5.10 Å². The van der Waals surface area contributed by atoms with E-state index < -0.39 is 5.97 Å². The summed E-state index contributed by atoms with van der Waals surface area (Å²) >= 11 is 0. The number of aryl methyl sites for hydroxylation is 2. The third-order valence-corrected chi connectivity index (χ3v) is 3.29.